The normalized spacial score (nSPS) is 25.2. The van der Waals surface area contributed by atoms with Crippen LogP contribution in [0.4, 0.5) is 0 Å². The van der Waals surface area contributed by atoms with Gasteiger partial charge in [0.1, 0.15) is 6.10 Å². The number of methoxy groups -OCH3 is 1. The summed E-state index contributed by atoms with van der Waals surface area (Å²) < 4.78 is 11.6. The third kappa shape index (κ3) is 3.09. The van der Waals surface area contributed by atoms with Gasteiger partial charge in [0.15, 0.2) is 11.5 Å². The predicted octanol–water partition coefficient (Wildman–Crippen LogP) is 3.54. The van der Waals surface area contributed by atoms with Crippen molar-refractivity contribution >= 4 is 0 Å². The van der Waals surface area contributed by atoms with Crippen molar-refractivity contribution in [2.24, 2.45) is 11.1 Å². The molecule has 0 aliphatic heterocycles. The van der Waals surface area contributed by atoms with E-state index >= 15 is 0 Å². The molecule has 0 heterocycles. The van der Waals surface area contributed by atoms with Crippen molar-refractivity contribution in [1.82, 2.24) is 0 Å². The zero-order valence-electron chi connectivity index (χ0n) is 13.1. The lowest BCUT2D eigenvalue weighted by molar-refractivity contribution is 0.0548. The maximum atomic E-state index is 6.39. The number of aryl methyl sites for hydroxylation is 1. The second-order valence-corrected chi connectivity index (χ2v) is 6.40. The van der Waals surface area contributed by atoms with Gasteiger partial charge in [0.05, 0.1) is 7.11 Å². The molecule has 1 aliphatic carbocycles. The highest BCUT2D eigenvalue weighted by Gasteiger charge is 2.38. The smallest absolute Gasteiger partial charge is 0.161 e. The van der Waals surface area contributed by atoms with Crippen molar-refractivity contribution in [2.75, 3.05) is 7.11 Å². The molecular weight excluding hydrogens is 250 g/mol. The lowest BCUT2D eigenvalue weighted by atomic mass is 9.72. The lowest BCUT2D eigenvalue weighted by Crippen LogP contribution is -2.51. The van der Waals surface area contributed by atoms with E-state index in [9.17, 15) is 0 Å². The highest BCUT2D eigenvalue weighted by Crippen LogP contribution is 2.38. The highest BCUT2D eigenvalue weighted by atomic mass is 16.5. The Labute approximate surface area is 122 Å². The summed E-state index contributed by atoms with van der Waals surface area (Å²) in [6.45, 7) is 6.59. The Bertz CT molecular complexity index is 456. The summed E-state index contributed by atoms with van der Waals surface area (Å²) in [5.74, 6) is 1.61. The molecule has 1 saturated carbocycles. The second-order valence-electron chi connectivity index (χ2n) is 6.40. The summed E-state index contributed by atoms with van der Waals surface area (Å²) in [6, 6.07) is 6.21. The average Bonchev–Trinajstić information content (AvgIpc) is 2.44. The predicted molar refractivity (Wildman–Crippen MR) is 82.4 cm³/mol. The van der Waals surface area contributed by atoms with Crippen LogP contribution in [-0.2, 0) is 6.42 Å². The minimum absolute atomic E-state index is 0.0619. The molecule has 1 aromatic rings. The molecule has 0 radical (unpaired) electrons. The van der Waals surface area contributed by atoms with Crippen LogP contribution in [0.1, 0.15) is 45.6 Å². The van der Waals surface area contributed by atoms with Crippen LogP contribution in [0.15, 0.2) is 18.2 Å². The molecule has 2 unspecified atom stereocenters. The van der Waals surface area contributed by atoms with Gasteiger partial charge in [-0.3, -0.25) is 0 Å². The summed E-state index contributed by atoms with van der Waals surface area (Å²) in [6.07, 6.45) is 4.41. The van der Waals surface area contributed by atoms with Gasteiger partial charge in [0.25, 0.3) is 0 Å². The standard InChI is InChI=1S/C17H27NO2/c1-5-12-8-9-13(15(11-12)19-4)20-14-7-6-10-17(2,3)16(14)18/h8-9,11,14,16H,5-7,10,18H2,1-4H3. The monoisotopic (exact) mass is 277 g/mol. The van der Waals surface area contributed by atoms with Gasteiger partial charge in [-0.15, -0.1) is 0 Å². The zero-order chi connectivity index (χ0) is 14.8. The SMILES string of the molecule is CCc1ccc(OC2CCCC(C)(C)C2N)c(OC)c1. The molecule has 0 spiro atoms. The number of hydrogen-bond donors (Lipinski definition) is 1. The molecule has 0 amide bonds. The quantitative estimate of drug-likeness (QED) is 0.915. The fourth-order valence-electron chi connectivity index (χ4n) is 2.93. The first-order chi connectivity index (χ1) is 9.47. The van der Waals surface area contributed by atoms with Crippen LogP contribution < -0.4 is 15.2 Å². The number of rotatable bonds is 4. The van der Waals surface area contributed by atoms with Crippen molar-refractivity contribution < 1.29 is 9.47 Å². The number of hydrogen-bond acceptors (Lipinski definition) is 3. The minimum Gasteiger partial charge on any atom is -0.493 e. The van der Waals surface area contributed by atoms with E-state index in [1.54, 1.807) is 7.11 Å². The number of nitrogens with two attached hydrogens (primary N) is 1. The van der Waals surface area contributed by atoms with Gasteiger partial charge in [-0.1, -0.05) is 26.8 Å². The topological polar surface area (TPSA) is 44.5 Å². The van der Waals surface area contributed by atoms with Crippen molar-refractivity contribution in [3.63, 3.8) is 0 Å². The summed E-state index contributed by atoms with van der Waals surface area (Å²) in [5.41, 5.74) is 7.78. The molecule has 1 fully saturated rings. The summed E-state index contributed by atoms with van der Waals surface area (Å²) in [5, 5.41) is 0. The fraction of sp³-hybridized carbons (Fsp3) is 0.647. The third-order valence-electron chi connectivity index (χ3n) is 4.53. The Morgan fingerprint density at radius 1 is 1.30 bits per heavy atom. The van der Waals surface area contributed by atoms with Gasteiger partial charge < -0.3 is 15.2 Å². The Balaban J connectivity index is 2.17. The molecular formula is C17H27NO2. The molecule has 1 aromatic carbocycles. The van der Waals surface area contributed by atoms with Gasteiger partial charge in [-0.25, -0.2) is 0 Å². The molecule has 1 aliphatic rings. The fourth-order valence-corrected chi connectivity index (χ4v) is 2.93. The summed E-state index contributed by atoms with van der Waals surface area (Å²) in [4.78, 5) is 0. The van der Waals surface area contributed by atoms with E-state index in [1.165, 1.54) is 18.4 Å². The summed E-state index contributed by atoms with van der Waals surface area (Å²) >= 11 is 0. The van der Waals surface area contributed by atoms with Crippen LogP contribution in [0.5, 0.6) is 11.5 Å². The maximum absolute atomic E-state index is 6.39. The minimum atomic E-state index is 0.0619. The zero-order valence-corrected chi connectivity index (χ0v) is 13.1. The average molecular weight is 277 g/mol. The van der Waals surface area contributed by atoms with E-state index in [0.717, 1.165) is 24.3 Å². The van der Waals surface area contributed by atoms with E-state index in [4.69, 9.17) is 15.2 Å². The van der Waals surface area contributed by atoms with E-state index in [2.05, 4.69) is 32.9 Å². The molecule has 2 N–H and O–H groups in total. The van der Waals surface area contributed by atoms with E-state index < -0.39 is 0 Å². The molecule has 0 bridgehead atoms. The van der Waals surface area contributed by atoms with Crippen LogP contribution in [0.2, 0.25) is 0 Å². The van der Waals surface area contributed by atoms with Crippen LogP contribution in [0.3, 0.4) is 0 Å². The molecule has 3 heteroatoms. The maximum Gasteiger partial charge on any atom is 0.161 e. The number of benzene rings is 1. The molecule has 0 saturated heterocycles. The van der Waals surface area contributed by atoms with Gasteiger partial charge in [-0.2, -0.15) is 0 Å². The molecule has 2 rings (SSSR count). The Kier molecular flexibility index (Phi) is 4.59. The first kappa shape index (κ1) is 15.2. The highest BCUT2D eigenvalue weighted by molar-refractivity contribution is 5.43. The largest absolute Gasteiger partial charge is 0.493 e. The molecule has 20 heavy (non-hydrogen) atoms. The van der Waals surface area contributed by atoms with Crippen LogP contribution in [0.25, 0.3) is 0 Å². The van der Waals surface area contributed by atoms with Crippen molar-refractivity contribution in [3.8, 4) is 11.5 Å². The van der Waals surface area contributed by atoms with Crippen LogP contribution in [-0.4, -0.2) is 19.3 Å². The van der Waals surface area contributed by atoms with Crippen molar-refractivity contribution in [1.29, 1.82) is 0 Å². The van der Waals surface area contributed by atoms with Gasteiger partial charge in [0, 0.05) is 6.04 Å². The Morgan fingerprint density at radius 3 is 2.70 bits per heavy atom. The first-order valence-electron chi connectivity index (χ1n) is 7.57. The summed E-state index contributed by atoms with van der Waals surface area (Å²) in [7, 11) is 1.69. The van der Waals surface area contributed by atoms with E-state index in [1.807, 2.05) is 6.07 Å². The van der Waals surface area contributed by atoms with Gasteiger partial charge in [-0.05, 0) is 48.8 Å². The van der Waals surface area contributed by atoms with Crippen LogP contribution >= 0.6 is 0 Å². The third-order valence-corrected chi connectivity index (χ3v) is 4.53. The Morgan fingerprint density at radius 2 is 2.05 bits per heavy atom. The van der Waals surface area contributed by atoms with Gasteiger partial charge in [0.2, 0.25) is 0 Å². The Hall–Kier alpha value is -1.22. The molecule has 112 valence electrons. The van der Waals surface area contributed by atoms with Gasteiger partial charge >= 0.3 is 0 Å². The van der Waals surface area contributed by atoms with Crippen LogP contribution in [0, 0.1) is 5.41 Å². The molecule has 2 atom stereocenters. The molecule has 3 nitrogen and oxygen atoms in total. The number of ether oxygens (including phenoxy) is 2. The van der Waals surface area contributed by atoms with Crippen molar-refractivity contribution in [3.05, 3.63) is 23.8 Å². The second kappa shape index (κ2) is 6.04. The molecule has 0 aromatic heterocycles. The first-order valence-corrected chi connectivity index (χ1v) is 7.57. The lowest BCUT2D eigenvalue weighted by Gasteiger charge is -2.41. The van der Waals surface area contributed by atoms with Crippen molar-refractivity contribution in [2.45, 2.75) is 58.6 Å². The van der Waals surface area contributed by atoms with E-state index in [-0.39, 0.29) is 17.6 Å². The van der Waals surface area contributed by atoms with E-state index in [0.29, 0.717) is 0 Å².